The number of rotatable bonds is 3. The Hall–Kier alpha value is -2.82. The summed E-state index contributed by atoms with van der Waals surface area (Å²) in [7, 11) is 0. The molecular weight excluding hydrogens is 326 g/mol. The molecular formula is C21H23N3O2. The van der Waals surface area contributed by atoms with Gasteiger partial charge in [0.05, 0.1) is 11.6 Å². The SMILES string of the molecule is Cc1ccc(C2CCCCN2C(=O)NCc2ccc3ncccc3c2)o1. The average Bonchev–Trinajstić information content (AvgIpc) is 3.12. The predicted octanol–water partition coefficient (Wildman–Crippen LogP) is 4.57. The molecule has 134 valence electrons. The first kappa shape index (κ1) is 16.6. The van der Waals surface area contributed by atoms with Crippen molar-refractivity contribution < 1.29 is 9.21 Å². The molecule has 2 aromatic heterocycles. The first-order chi connectivity index (χ1) is 12.7. The first-order valence-corrected chi connectivity index (χ1v) is 9.15. The number of urea groups is 1. The van der Waals surface area contributed by atoms with Crippen molar-refractivity contribution in [3.63, 3.8) is 0 Å². The van der Waals surface area contributed by atoms with E-state index in [2.05, 4.69) is 16.4 Å². The van der Waals surface area contributed by atoms with E-state index in [1.165, 1.54) is 0 Å². The van der Waals surface area contributed by atoms with Gasteiger partial charge in [-0.2, -0.15) is 0 Å². The normalized spacial score (nSPS) is 17.4. The summed E-state index contributed by atoms with van der Waals surface area (Å²) in [6, 6.07) is 14.0. The van der Waals surface area contributed by atoms with Crippen molar-refractivity contribution in [2.75, 3.05) is 6.54 Å². The lowest BCUT2D eigenvalue weighted by Gasteiger charge is -2.34. The number of aryl methyl sites for hydroxylation is 1. The molecule has 0 radical (unpaired) electrons. The minimum Gasteiger partial charge on any atom is -0.464 e. The molecule has 1 aliphatic heterocycles. The standard InChI is InChI=1S/C21H23N3O2/c1-15-7-10-20(26-15)19-6-2-3-12-24(19)21(25)23-14-16-8-9-18-17(13-16)5-4-11-22-18/h4-5,7-11,13,19H,2-3,6,12,14H2,1H3,(H,23,25). The van der Waals surface area contributed by atoms with E-state index in [0.29, 0.717) is 6.54 Å². The molecule has 1 atom stereocenters. The van der Waals surface area contributed by atoms with Gasteiger partial charge >= 0.3 is 6.03 Å². The second-order valence-electron chi connectivity index (χ2n) is 6.84. The van der Waals surface area contributed by atoms with Crippen LogP contribution in [0.1, 0.15) is 42.4 Å². The van der Waals surface area contributed by atoms with Gasteiger partial charge in [0.1, 0.15) is 11.5 Å². The summed E-state index contributed by atoms with van der Waals surface area (Å²) in [5.41, 5.74) is 2.04. The molecule has 1 N–H and O–H groups in total. The Morgan fingerprint density at radius 3 is 3.04 bits per heavy atom. The van der Waals surface area contributed by atoms with Crippen molar-refractivity contribution in [3.05, 3.63) is 65.7 Å². The molecule has 26 heavy (non-hydrogen) atoms. The number of fused-ring (bicyclic) bond motifs is 1. The quantitative estimate of drug-likeness (QED) is 0.753. The molecule has 3 aromatic rings. The van der Waals surface area contributed by atoms with Gasteiger partial charge in [0.2, 0.25) is 0 Å². The number of carbonyl (C=O) groups is 1. The highest BCUT2D eigenvalue weighted by Gasteiger charge is 2.29. The molecule has 4 rings (SSSR count). The van der Waals surface area contributed by atoms with E-state index in [4.69, 9.17) is 4.42 Å². The third-order valence-electron chi connectivity index (χ3n) is 4.96. The summed E-state index contributed by atoms with van der Waals surface area (Å²) < 4.78 is 5.79. The largest absolute Gasteiger partial charge is 0.464 e. The number of hydrogen-bond donors (Lipinski definition) is 1. The van der Waals surface area contributed by atoms with E-state index >= 15 is 0 Å². The lowest BCUT2D eigenvalue weighted by molar-refractivity contribution is 0.139. The van der Waals surface area contributed by atoms with Gasteiger partial charge in [-0.1, -0.05) is 12.1 Å². The zero-order valence-electron chi connectivity index (χ0n) is 14.9. The van der Waals surface area contributed by atoms with Crippen molar-refractivity contribution in [1.29, 1.82) is 0 Å². The molecule has 0 bridgehead atoms. The summed E-state index contributed by atoms with van der Waals surface area (Å²) >= 11 is 0. The molecule has 1 aromatic carbocycles. The van der Waals surface area contributed by atoms with E-state index in [9.17, 15) is 4.79 Å². The number of furan rings is 1. The molecule has 5 heteroatoms. The molecule has 3 heterocycles. The zero-order valence-corrected chi connectivity index (χ0v) is 14.9. The van der Waals surface area contributed by atoms with Gasteiger partial charge in [-0.3, -0.25) is 4.98 Å². The summed E-state index contributed by atoms with van der Waals surface area (Å²) in [4.78, 5) is 19.0. The van der Waals surface area contributed by atoms with Gasteiger partial charge in [-0.25, -0.2) is 4.79 Å². The van der Waals surface area contributed by atoms with Crippen LogP contribution in [0.2, 0.25) is 0 Å². The number of nitrogens with one attached hydrogen (secondary N) is 1. The van der Waals surface area contributed by atoms with Gasteiger partial charge in [0.25, 0.3) is 0 Å². The minimum absolute atomic E-state index is 0.0262. The van der Waals surface area contributed by atoms with E-state index < -0.39 is 0 Å². The van der Waals surface area contributed by atoms with Crippen molar-refractivity contribution >= 4 is 16.9 Å². The fraction of sp³-hybridized carbons (Fsp3) is 0.333. The maximum absolute atomic E-state index is 12.8. The number of likely N-dealkylation sites (tertiary alicyclic amines) is 1. The molecule has 1 saturated heterocycles. The van der Waals surface area contributed by atoms with Crippen molar-refractivity contribution in [3.8, 4) is 0 Å². The maximum Gasteiger partial charge on any atom is 0.318 e. The summed E-state index contributed by atoms with van der Waals surface area (Å²) in [5, 5.41) is 4.15. The molecule has 1 aliphatic rings. The zero-order chi connectivity index (χ0) is 17.9. The smallest absolute Gasteiger partial charge is 0.318 e. The fourth-order valence-electron chi connectivity index (χ4n) is 3.62. The van der Waals surface area contributed by atoms with Crippen molar-refractivity contribution in [2.45, 2.75) is 38.8 Å². The van der Waals surface area contributed by atoms with Crippen LogP contribution in [0.25, 0.3) is 10.9 Å². The van der Waals surface area contributed by atoms with Crippen LogP contribution in [0.15, 0.2) is 53.1 Å². The average molecular weight is 349 g/mol. The number of piperidine rings is 1. The Morgan fingerprint density at radius 1 is 1.27 bits per heavy atom. The van der Waals surface area contributed by atoms with Gasteiger partial charge in [0, 0.05) is 24.7 Å². The monoisotopic (exact) mass is 349 g/mol. The number of nitrogens with zero attached hydrogens (tertiary/aromatic N) is 2. The van der Waals surface area contributed by atoms with Crippen LogP contribution in [0, 0.1) is 6.92 Å². The van der Waals surface area contributed by atoms with Crippen molar-refractivity contribution in [2.24, 2.45) is 0 Å². The molecule has 1 unspecified atom stereocenters. The number of carbonyl (C=O) groups excluding carboxylic acids is 1. The summed E-state index contributed by atoms with van der Waals surface area (Å²) in [6.45, 7) is 3.20. The van der Waals surface area contributed by atoms with Crippen LogP contribution in [0.3, 0.4) is 0 Å². The Morgan fingerprint density at radius 2 is 2.19 bits per heavy atom. The van der Waals surface area contributed by atoms with Gasteiger partial charge < -0.3 is 14.6 Å². The molecule has 0 aliphatic carbocycles. The molecule has 0 saturated carbocycles. The van der Waals surface area contributed by atoms with Gasteiger partial charge in [0.15, 0.2) is 0 Å². The van der Waals surface area contributed by atoms with Crippen LogP contribution in [0.4, 0.5) is 4.79 Å². The Kier molecular flexibility index (Phi) is 4.61. The third-order valence-corrected chi connectivity index (χ3v) is 4.96. The lowest BCUT2D eigenvalue weighted by Crippen LogP contribution is -2.44. The van der Waals surface area contributed by atoms with Crippen LogP contribution in [-0.2, 0) is 6.54 Å². The lowest BCUT2D eigenvalue weighted by atomic mass is 10.0. The molecule has 1 fully saturated rings. The topological polar surface area (TPSA) is 58.4 Å². The maximum atomic E-state index is 12.8. The number of amides is 2. The molecule has 5 nitrogen and oxygen atoms in total. The highest BCUT2D eigenvalue weighted by molar-refractivity contribution is 5.79. The van der Waals surface area contributed by atoms with Crippen LogP contribution >= 0.6 is 0 Å². The number of benzene rings is 1. The van der Waals surface area contributed by atoms with Crippen LogP contribution < -0.4 is 5.32 Å². The van der Waals surface area contributed by atoms with Crippen LogP contribution in [0.5, 0.6) is 0 Å². The molecule has 0 spiro atoms. The summed E-state index contributed by atoms with van der Waals surface area (Å²) in [6.07, 6.45) is 4.88. The van der Waals surface area contributed by atoms with E-state index in [-0.39, 0.29) is 12.1 Å². The number of pyridine rings is 1. The number of aromatic nitrogens is 1. The predicted molar refractivity (Wildman–Crippen MR) is 101 cm³/mol. The number of hydrogen-bond acceptors (Lipinski definition) is 3. The highest BCUT2D eigenvalue weighted by atomic mass is 16.3. The Bertz CT molecular complexity index is 918. The minimum atomic E-state index is -0.0324. The Balaban J connectivity index is 1.45. The fourth-order valence-corrected chi connectivity index (χ4v) is 3.62. The van der Waals surface area contributed by atoms with E-state index in [1.807, 2.05) is 48.2 Å². The highest BCUT2D eigenvalue weighted by Crippen LogP contribution is 2.32. The van der Waals surface area contributed by atoms with Crippen LogP contribution in [-0.4, -0.2) is 22.5 Å². The second-order valence-corrected chi connectivity index (χ2v) is 6.84. The molecule has 2 amide bonds. The van der Waals surface area contributed by atoms with Gasteiger partial charge in [-0.05, 0) is 62.1 Å². The van der Waals surface area contributed by atoms with E-state index in [0.717, 1.165) is 53.8 Å². The van der Waals surface area contributed by atoms with Gasteiger partial charge in [-0.15, -0.1) is 0 Å². The Labute approximate surface area is 153 Å². The first-order valence-electron chi connectivity index (χ1n) is 9.15. The second kappa shape index (κ2) is 7.20. The van der Waals surface area contributed by atoms with Crippen molar-refractivity contribution in [1.82, 2.24) is 15.2 Å². The third kappa shape index (κ3) is 3.43. The summed E-state index contributed by atoms with van der Waals surface area (Å²) in [5.74, 6) is 1.77. The van der Waals surface area contributed by atoms with E-state index in [1.54, 1.807) is 6.20 Å².